The molecule has 0 unspecified atom stereocenters. The summed E-state index contributed by atoms with van der Waals surface area (Å²) in [5, 5.41) is 3.17. The van der Waals surface area contributed by atoms with Gasteiger partial charge in [-0.2, -0.15) is 0 Å². The Bertz CT molecular complexity index is 1680. The number of carbonyl (C=O) groups excluding carboxylic acids is 2. The van der Waals surface area contributed by atoms with Gasteiger partial charge in [-0.1, -0.05) is 12.1 Å². The first-order chi connectivity index (χ1) is 21.2. The first kappa shape index (κ1) is 30.0. The van der Waals surface area contributed by atoms with Gasteiger partial charge in [-0.25, -0.2) is 13.4 Å². The van der Waals surface area contributed by atoms with Gasteiger partial charge in [0.15, 0.2) is 0 Å². The standard InChI is InChI=1S/C32H38N6O5S/c1-4-43-27-19-22(31(39)38-17-15-37(16-18-38)23-11-13-35(2)14-12-23)9-10-25(27)34-30-20-29-26(21-33-30)36(3)32(40)24-7-5-6-8-28(24)44(29,41)42/h5-10,19-21,23H,4,11-18H2,1-3H3,(H,33,34). The highest BCUT2D eigenvalue weighted by molar-refractivity contribution is 7.91. The smallest absolute Gasteiger partial charge is 0.259 e. The van der Waals surface area contributed by atoms with Crippen LogP contribution in [0.2, 0.25) is 0 Å². The number of benzene rings is 2. The third kappa shape index (κ3) is 5.64. The van der Waals surface area contributed by atoms with Gasteiger partial charge < -0.3 is 24.8 Å². The average molecular weight is 619 g/mol. The van der Waals surface area contributed by atoms with Crippen molar-refractivity contribution in [1.82, 2.24) is 19.7 Å². The number of sulfone groups is 1. The molecule has 1 N–H and O–H groups in total. The lowest BCUT2D eigenvalue weighted by molar-refractivity contribution is 0.0475. The molecule has 0 radical (unpaired) electrons. The van der Waals surface area contributed by atoms with E-state index < -0.39 is 15.7 Å². The molecule has 0 atom stereocenters. The van der Waals surface area contributed by atoms with Crippen LogP contribution in [-0.2, 0) is 9.84 Å². The van der Waals surface area contributed by atoms with E-state index in [1.807, 2.05) is 11.8 Å². The summed E-state index contributed by atoms with van der Waals surface area (Å²) in [6.45, 7) is 7.57. The number of hydrogen-bond donors (Lipinski definition) is 1. The highest BCUT2D eigenvalue weighted by Crippen LogP contribution is 2.38. The van der Waals surface area contributed by atoms with Crippen LogP contribution in [0.4, 0.5) is 17.2 Å². The van der Waals surface area contributed by atoms with Crippen molar-refractivity contribution in [1.29, 1.82) is 0 Å². The number of nitrogens with one attached hydrogen (secondary N) is 1. The Labute approximate surface area is 258 Å². The molecule has 0 aliphatic carbocycles. The predicted molar refractivity (Wildman–Crippen MR) is 168 cm³/mol. The zero-order valence-corrected chi connectivity index (χ0v) is 26.1. The molecule has 12 heteroatoms. The number of anilines is 3. The van der Waals surface area contributed by atoms with E-state index in [1.54, 1.807) is 30.3 Å². The molecule has 0 bridgehead atoms. The minimum atomic E-state index is -4.01. The number of likely N-dealkylation sites (tertiary alicyclic amines) is 1. The van der Waals surface area contributed by atoms with E-state index in [0.717, 1.165) is 26.2 Å². The van der Waals surface area contributed by atoms with Crippen molar-refractivity contribution >= 4 is 38.8 Å². The van der Waals surface area contributed by atoms with Crippen LogP contribution in [0.3, 0.4) is 0 Å². The van der Waals surface area contributed by atoms with Crippen LogP contribution in [0.15, 0.2) is 64.5 Å². The molecule has 1 aromatic heterocycles. The molecule has 2 saturated heterocycles. The maximum absolute atomic E-state index is 13.7. The molecule has 6 rings (SSSR count). The van der Waals surface area contributed by atoms with Gasteiger partial charge in [-0.05, 0) is 70.2 Å². The summed E-state index contributed by atoms with van der Waals surface area (Å²) < 4.78 is 33.2. The van der Waals surface area contributed by atoms with Crippen LogP contribution in [0.5, 0.6) is 5.75 Å². The normalized spacial score (nSPS) is 19.2. The second kappa shape index (κ2) is 12.2. The van der Waals surface area contributed by atoms with Crippen molar-refractivity contribution in [2.75, 3.05) is 70.2 Å². The maximum atomic E-state index is 13.7. The number of hydrogen-bond acceptors (Lipinski definition) is 9. The van der Waals surface area contributed by atoms with Crippen molar-refractivity contribution in [2.45, 2.75) is 35.6 Å². The highest BCUT2D eigenvalue weighted by atomic mass is 32.2. The largest absolute Gasteiger partial charge is 0.492 e. The lowest BCUT2D eigenvalue weighted by Crippen LogP contribution is -2.54. The highest BCUT2D eigenvalue weighted by Gasteiger charge is 2.35. The van der Waals surface area contributed by atoms with Crippen LogP contribution < -0.4 is 15.0 Å². The Balaban J connectivity index is 1.21. The number of aromatic nitrogens is 1. The molecule has 44 heavy (non-hydrogen) atoms. The second-order valence-electron chi connectivity index (χ2n) is 11.5. The molecule has 4 heterocycles. The van der Waals surface area contributed by atoms with Crippen LogP contribution in [-0.4, -0.2) is 106 Å². The third-order valence-electron chi connectivity index (χ3n) is 8.81. The van der Waals surface area contributed by atoms with Gasteiger partial charge in [0.25, 0.3) is 11.8 Å². The average Bonchev–Trinajstić information content (AvgIpc) is 3.10. The molecule has 3 aliphatic heterocycles. The number of amides is 2. The number of ether oxygens (including phenoxy) is 1. The number of fused-ring (bicyclic) bond motifs is 2. The lowest BCUT2D eigenvalue weighted by atomic mass is 10.0. The van der Waals surface area contributed by atoms with Gasteiger partial charge in [-0.3, -0.25) is 14.5 Å². The van der Waals surface area contributed by atoms with E-state index in [4.69, 9.17) is 4.74 Å². The molecule has 11 nitrogen and oxygen atoms in total. The van der Waals surface area contributed by atoms with E-state index >= 15 is 0 Å². The summed E-state index contributed by atoms with van der Waals surface area (Å²) in [5.74, 6) is 0.256. The molecule has 2 aromatic carbocycles. The molecule has 232 valence electrons. The Morgan fingerprint density at radius 3 is 2.43 bits per heavy atom. The van der Waals surface area contributed by atoms with E-state index in [2.05, 4.69) is 27.1 Å². The Kier molecular flexibility index (Phi) is 8.32. The minimum Gasteiger partial charge on any atom is -0.492 e. The van der Waals surface area contributed by atoms with Crippen molar-refractivity contribution in [3.05, 3.63) is 65.9 Å². The Morgan fingerprint density at radius 2 is 1.70 bits per heavy atom. The van der Waals surface area contributed by atoms with Crippen LogP contribution in [0, 0.1) is 0 Å². The number of piperidine rings is 1. The molecular weight excluding hydrogens is 580 g/mol. The van der Waals surface area contributed by atoms with E-state index in [0.29, 0.717) is 42.7 Å². The second-order valence-corrected chi connectivity index (χ2v) is 13.4. The monoisotopic (exact) mass is 618 g/mol. The molecule has 2 amide bonds. The topological polar surface area (TPSA) is 115 Å². The quantitative estimate of drug-likeness (QED) is 0.443. The van der Waals surface area contributed by atoms with E-state index in [9.17, 15) is 18.0 Å². The van der Waals surface area contributed by atoms with E-state index in [1.165, 1.54) is 49.2 Å². The predicted octanol–water partition coefficient (Wildman–Crippen LogP) is 3.50. The number of nitrogens with zero attached hydrogens (tertiary/aromatic N) is 5. The maximum Gasteiger partial charge on any atom is 0.259 e. The summed E-state index contributed by atoms with van der Waals surface area (Å²) in [6.07, 6.45) is 3.72. The summed E-state index contributed by atoms with van der Waals surface area (Å²) in [4.78, 5) is 39.0. The SMILES string of the molecule is CCOc1cc(C(=O)N2CCN(C3CCN(C)CC3)CC2)ccc1Nc1cc2c(cn1)N(C)C(=O)c1ccccc1S2(=O)=O. The fourth-order valence-corrected chi connectivity index (χ4v) is 7.93. The van der Waals surface area contributed by atoms with Gasteiger partial charge in [0.05, 0.1) is 34.6 Å². The summed E-state index contributed by atoms with van der Waals surface area (Å²) >= 11 is 0. The summed E-state index contributed by atoms with van der Waals surface area (Å²) in [6, 6.07) is 13.4. The lowest BCUT2D eigenvalue weighted by Gasteiger charge is -2.42. The van der Waals surface area contributed by atoms with Gasteiger partial charge in [0.1, 0.15) is 16.5 Å². The van der Waals surface area contributed by atoms with Crippen molar-refractivity contribution in [3.63, 3.8) is 0 Å². The van der Waals surface area contributed by atoms with Crippen molar-refractivity contribution < 1.29 is 22.7 Å². The number of pyridine rings is 1. The molecular formula is C32H38N6O5S. The minimum absolute atomic E-state index is 0.0278. The molecule has 2 fully saturated rings. The Morgan fingerprint density at radius 1 is 0.977 bits per heavy atom. The molecule has 3 aromatic rings. The van der Waals surface area contributed by atoms with Gasteiger partial charge in [-0.15, -0.1) is 0 Å². The zero-order valence-electron chi connectivity index (χ0n) is 25.3. The summed E-state index contributed by atoms with van der Waals surface area (Å²) in [7, 11) is -0.313. The Hall–Kier alpha value is -4.00. The number of rotatable bonds is 6. The number of piperazine rings is 1. The fourth-order valence-electron chi connectivity index (χ4n) is 6.26. The first-order valence-corrected chi connectivity index (χ1v) is 16.5. The van der Waals surface area contributed by atoms with Gasteiger partial charge >= 0.3 is 0 Å². The fraction of sp³-hybridized carbons (Fsp3) is 0.406. The molecule has 3 aliphatic rings. The van der Waals surface area contributed by atoms with Crippen molar-refractivity contribution in [3.8, 4) is 5.75 Å². The number of carbonyl (C=O) groups is 2. The van der Waals surface area contributed by atoms with Crippen LogP contribution in [0.1, 0.15) is 40.5 Å². The molecule has 0 spiro atoms. The molecule has 0 saturated carbocycles. The first-order valence-electron chi connectivity index (χ1n) is 15.1. The van der Waals surface area contributed by atoms with Gasteiger partial charge in [0.2, 0.25) is 9.84 Å². The van der Waals surface area contributed by atoms with Crippen LogP contribution in [0.25, 0.3) is 0 Å². The zero-order chi connectivity index (χ0) is 31.0. The van der Waals surface area contributed by atoms with E-state index in [-0.39, 0.29) is 32.8 Å². The van der Waals surface area contributed by atoms with Gasteiger partial charge in [0, 0.05) is 50.9 Å². The van der Waals surface area contributed by atoms with Crippen molar-refractivity contribution in [2.24, 2.45) is 0 Å². The summed E-state index contributed by atoms with van der Waals surface area (Å²) in [5.41, 5.74) is 1.38. The third-order valence-corrected chi connectivity index (χ3v) is 10.6. The van der Waals surface area contributed by atoms with Crippen LogP contribution >= 0.6 is 0 Å².